The van der Waals surface area contributed by atoms with Crippen LogP contribution in [0.25, 0.3) is 0 Å². The summed E-state index contributed by atoms with van der Waals surface area (Å²) in [4.78, 5) is 0. The molecule has 0 aromatic carbocycles. The molecule has 0 radical (unpaired) electrons. The van der Waals surface area contributed by atoms with Crippen molar-refractivity contribution in [3.63, 3.8) is 0 Å². The summed E-state index contributed by atoms with van der Waals surface area (Å²) in [7, 11) is 0. The van der Waals surface area contributed by atoms with E-state index < -0.39 is 0 Å². The Morgan fingerprint density at radius 3 is 1.10 bits per heavy atom. The Bertz CT molecular complexity index is 122. The maximum atomic E-state index is 8.93. The monoisotopic (exact) mass is 328 g/mol. The van der Waals surface area contributed by atoms with E-state index in [-0.39, 0.29) is 20.8 Å². The molecular weight excluding hydrogens is 286 g/mol. The quantitative estimate of drug-likeness (QED) is 0.439. The topological polar surface area (TPSA) is 23.1 Å². The van der Waals surface area contributed by atoms with Crippen LogP contribution in [0.15, 0.2) is 0 Å². The molecule has 0 saturated carbocycles. The van der Waals surface area contributed by atoms with Crippen molar-refractivity contribution in [1.29, 1.82) is 0 Å². The van der Waals surface area contributed by atoms with Crippen molar-refractivity contribution in [2.24, 2.45) is 0 Å². The summed E-state index contributed by atoms with van der Waals surface area (Å²) in [5.74, 6) is 0. The van der Waals surface area contributed by atoms with E-state index in [4.69, 9.17) is 5.11 Å². The van der Waals surface area contributed by atoms with Crippen LogP contribution in [0.5, 0.6) is 0 Å². The summed E-state index contributed by atoms with van der Waals surface area (Å²) in [5, 5.41) is 16.6. The van der Waals surface area contributed by atoms with Gasteiger partial charge >= 0.3 is 39.6 Å². The molecule has 0 unspecified atom stereocenters. The Morgan fingerprint density at radius 2 is 0.952 bits per heavy atom. The van der Waals surface area contributed by atoms with Gasteiger partial charge in [-0.2, -0.15) is 0 Å². The molecule has 21 heavy (non-hydrogen) atoms. The Hall–Kier alpha value is 1.02. The molecule has 0 bridgehead atoms. The summed E-state index contributed by atoms with van der Waals surface area (Å²) in [5.41, 5.74) is 0. The van der Waals surface area contributed by atoms with E-state index in [2.05, 4.69) is 34.6 Å². The van der Waals surface area contributed by atoms with E-state index in [1.807, 2.05) is 0 Å². The minimum absolute atomic E-state index is 0. The van der Waals surface area contributed by atoms with Crippen molar-refractivity contribution in [2.75, 3.05) is 6.61 Å². The first-order valence-corrected chi connectivity index (χ1v) is 13.7. The zero-order valence-electron chi connectivity index (χ0n) is 16.0. The normalized spacial score (nSPS) is 8.90. The summed E-state index contributed by atoms with van der Waals surface area (Å²) >= 11 is 0.528. The van der Waals surface area contributed by atoms with Gasteiger partial charge in [-0.25, -0.2) is 0 Å². The van der Waals surface area contributed by atoms with Gasteiger partial charge in [0.15, 0.2) is 0 Å². The van der Waals surface area contributed by atoms with E-state index >= 15 is 0 Å². The van der Waals surface area contributed by atoms with Gasteiger partial charge < -0.3 is 5.11 Å². The third kappa shape index (κ3) is 33.7. The Balaban J connectivity index is -0.000000335. The molecule has 0 spiro atoms. The van der Waals surface area contributed by atoms with Crippen LogP contribution >= 0.6 is 0 Å². The first kappa shape index (κ1) is 26.9. The molecule has 0 aliphatic rings. The second-order valence-corrected chi connectivity index (χ2v) is 11.4. The zero-order valence-corrected chi connectivity index (χ0v) is 18.4. The second kappa shape index (κ2) is 29.1. The third-order valence-electron chi connectivity index (χ3n) is 3.48. The Kier molecular flexibility index (Phi) is 37.3. The zero-order chi connectivity index (χ0) is 16.8. The molecule has 1 nitrogen and oxygen atoms in total. The number of unbranched alkanes of at least 4 members (excludes halogenated alkanes) is 3. The van der Waals surface area contributed by atoms with Crippen molar-refractivity contribution >= 4 is 29.4 Å². The average Bonchev–Trinajstić information content (AvgIpc) is 2.49. The first-order chi connectivity index (χ1) is 10.2. The second-order valence-electron chi connectivity index (χ2n) is 5.69. The molecule has 0 aromatic rings. The van der Waals surface area contributed by atoms with Crippen molar-refractivity contribution in [3.05, 3.63) is 0 Å². The maximum absolute atomic E-state index is 8.93. The molecule has 0 aromatic heterocycles. The molecule has 126 valence electrons. The summed E-state index contributed by atoms with van der Waals surface area (Å²) in [6.07, 6.45) is 8.73. The van der Waals surface area contributed by atoms with Gasteiger partial charge in [0.2, 0.25) is 0 Å². The van der Waals surface area contributed by atoms with Crippen molar-refractivity contribution in [2.45, 2.75) is 106 Å². The van der Waals surface area contributed by atoms with Crippen LogP contribution in [0.1, 0.15) is 80.1 Å². The van der Waals surface area contributed by atoms with Crippen LogP contribution in [0.3, 0.4) is 0 Å². The molecule has 0 atom stereocenters. The van der Waals surface area contributed by atoms with Gasteiger partial charge in [0, 0.05) is 0 Å². The van der Waals surface area contributed by atoms with Crippen LogP contribution in [-0.4, -0.2) is 36.0 Å². The molecule has 0 N–H and O–H groups in total. The predicted molar refractivity (Wildman–Crippen MR) is 102 cm³/mol. The van der Waals surface area contributed by atoms with Crippen LogP contribution < -0.4 is 5.11 Å². The molecule has 0 aliphatic heterocycles. The SMILES string of the molecule is CCC[CH2][Al]([CH2]CCC)[CH2]CCC.CC[O-].C[CH2][Al+][CH2]C. The fourth-order valence-electron chi connectivity index (χ4n) is 2.20. The van der Waals surface area contributed by atoms with Gasteiger partial charge in [0.05, 0.1) is 0 Å². The van der Waals surface area contributed by atoms with Crippen LogP contribution in [0.4, 0.5) is 0 Å². The molecular formula is C18H42Al2O. The fraction of sp³-hybridized carbons (Fsp3) is 1.00. The Morgan fingerprint density at radius 1 is 0.667 bits per heavy atom. The molecule has 0 heterocycles. The van der Waals surface area contributed by atoms with Crippen LogP contribution in [0.2, 0.25) is 26.4 Å². The number of rotatable bonds is 11. The van der Waals surface area contributed by atoms with E-state index in [1.165, 1.54) is 49.1 Å². The van der Waals surface area contributed by atoms with Crippen molar-refractivity contribution < 1.29 is 5.11 Å². The predicted octanol–water partition coefficient (Wildman–Crippen LogP) is 5.82. The van der Waals surface area contributed by atoms with E-state index in [1.54, 1.807) is 22.8 Å². The van der Waals surface area contributed by atoms with Crippen LogP contribution in [-0.2, 0) is 0 Å². The summed E-state index contributed by atoms with van der Waals surface area (Å²) < 4.78 is 0. The molecule has 0 rings (SSSR count). The third-order valence-corrected chi connectivity index (χ3v) is 8.30. The average molecular weight is 328 g/mol. The fourth-order valence-corrected chi connectivity index (χ4v) is 6.60. The van der Waals surface area contributed by atoms with Gasteiger partial charge in [-0.3, -0.25) is 0 Å². The minimum atomic E-state index is -0.287. The van der Waals surface area contributed by atoms with Crippen molar-refractivity contribution in [3.8, 4) is 0 Å². The summed E-state index contributed by atoms with van der Waals surface area (Å²) in [6, 6.07) is 0. The van der Waals surface area contributed by atoms with E-state index in [9.17, 15) is 0 Å². The van der Waals surface area contributed by atoms with E-state index in [0.29, 0.717) is 0 Å². The Labute approximate surface area is 147 Å². The molecule has 0 aliphatic carbocycles. The van der Waals surface area contributed by atoms with Gasteiger partial charge in [-0.1, -0.05) is 82.1 Å². The molecule has 0 saturated heterocycles. The van der Waals surface area contributed by atoms with Gasteiger partial charge in [-0.05, 0) is 0 Å². The molecule has 0 fully saturated rings. The van der Waals surface area contributed by atoms with Gasteiger partial charge in [0.25, 0.3) is 14.1 Å². The van der Waals surface area contributed by atoms with Gasteiger partial charge in [-0.15, -0.1) is 6.61 Å². The van der Waals surface area contributed by atoms with Crippen LogP contribution in [0, 0.1) is 0 Å². The molecule has 0 amide bonds. The van der Waals surface area contributed by atoms with Crippen molar-refractivity contribution in [1.82, 2.24) is 0 Å². The van der Waals surface area contributed by atoms with Gasteiger partial charge in [0.1, 0.15) is 0 Å². The summed E-state index contributed by atoms with van der Waals surface area (Å²) in [6.45, 7) is 13.0. The standard InChI is InChI=1S/3C4H9.C2H5O.2C2H5.2Al/c3*1-3-4-2;1-2-3;2*1-2;;/h3*1,3-4H2,2H3;2H2,1H3;2*1H2,2H3;;/q;;;-1;;;;+1. The first-order valence-electron chi connectivity index (χ1n) is 9.57. The number of hydrogen-bond acceptors (Lipinski definition) is 1. The van der Waals surface area contributed by atoms with E-state index in [0.717, 1.165) is 15.2 Å². The number of hydrogen-bond donors (Lipinski definition) is 0. The molecule has 3 heteroatoms.